The summed E-state index contributed by atoms with van der Waals surface area (Å²) in [6.45, 7) is 0.377. The molecule has 0 heterocycles. The van der Waals surface area contributed by atoms with Gasteiger partial charge in [0.25, 0.3) is 0 Å². The Balaban J connectivity index is 1.99. The lowest BCUT2D eigenvalue weighted by molar-refractivity contribution is 0.104. The zero-order valence-electron chi connectivity index (χ0n) is 21.8. The molecule has 2 N–H and O–H groups in total. The van der Waals surface area contributed by atoms with Gasteiger partial charge in [-0.1, -0.05) is 26.0 Å². The first-order valence-corrected chi connectivity index (χ1v) is 7.28. The van der Waals surface area contributed by atoms with E-state index in [1.807, 2.05) is 13.8 Å². The van der Waals surface area contributed by atoms with Gasteiger partial charge in [-0.25, -0.2) is 0 Å². The molecule has 0 bridgehead atoms. The number of aryl methyl sites for hydroxylation is 1. The number of aliphatic hydroxyl groups excluding tert-OH is 1. The van der Waals surface area contributed by atoms with Crippen LogP contribution in [0.5, 0.6) is 5.75 Å². The Morgan fingerprint density at radius 3 is 2.77 bits per heavy atom. The monoisotopic (exact) mass is 316 g/mol. The molecule has 4 nitrogen and oxygen atoms in total. The highest BCUT2D eigenvalue weighted by atomic mass is 16.5. The first-order valence-electron chi connectivity index (χ1n) is 11.8. The van der Waals surface area contributed by atoms with Gasteiger partial charge in [-0.2, -0.15) is 0 Å². The van der Waals surface area contributed by atoms with Gasteiger partial charge in [-0.05, 0) is 42.7 Å². The Morgan fingerprint density at radius 2 is 2.14 bits per heavy atom. The van der Waals surface area contributed by atoms with E-state index in [-0.39, 0.29) is 18.2 Å². The van der Waals surface area contributed by atoms with Crippen LogP contribution in [0.4, 0.5) is 0 Å². The summed E-state index contributed by atoms with van der Waals surface area (Å²) in [5.74, 6) is -1.96. The Bertz CT molecular complexity index is 742. The fraction of sp³-hybridized carbons (Fsp3) is 0.667. The molecule has 0 amide bonds. The van der Waals surface area contributed by atoms with Crippen molar-refractivity contribution in [3.05, 3.63) is 29.8 Å². The highest BCUT2D eigenvalue weighted by molar-refractivity contribution is 5.27. The molecule has 0 aliphatic heterocycles. The van der Waals surface area contributed by atoms with E-state index in [9.17, 15) is 5.11 Å². The quantitative estimate of drug-likeness (QED) is 0.658. The topological polar surface area (TPSA) is 50.7 Å². The van der Waals surface area contributed by atoms with Crippen LogP contribution >= 0.6 is 0 Å². The minimum Gasteiger partial charge on any atom is -0.491 e. The third kappa shape index (κ3) is 7.25. The van der Waals surface area contributed by atoms with Crippen LogP contribution in [0.2, 0.25) is 0 Å². The van der Waals surface area contributed by atoms with E-state index in [2.05, 4.69) is 5.32 Å². The maximum atomic E-state index is 9.87. The second-order valence-corrected chi connectivity index (χ2v) is 5.30. The van der Waals surface area contributed by atoms with E-state index >= 15 is 0 Å². The maximum Gasteiger partial charge on any atom is 0.119 e. The molecule has 1 aromatic carbocycles. The third-order valence-electron chi connectivity index (χ3n) is 2.84. The van der Waals surface area contributed by atoms with Gasteiger partial charge in [0.2, 0.25) is 0 Å². The minimum atomic E-state index is -2.95. The van der Waals surface area contributed by atoms with Crippen molar-refractivity contribution in [2.75, 3.05) is 26.3 Å². The molecule has 4 heteroatoms. The van der Waals surface area contributed by atoms with Crippen LogP contribution in [0.25, 0.3) is 0 Å². The largest absolute Gasteiger partial charge is 0.491 e. The minimum absolute atomic E-state index is 0.0193. The van der Waals surface area contributed by atoms with E-state index < -0.39 is 44.3 Å². The molecule has 1 fully saturated rings. The molecule has 1 aliphatic carbocycles. The summed E-state index contributed by atoms with van der Waals surface area (Å²) in [5, 5.41) is 12.9. The lowest BCUT2D eigenvalue weighted by atomic mass is 10.1. The summed E-state index contributed by atoms with van der Waals surface area (Å²) < 4.78 is 80.7. The fourth-order valence-electron chi connectivity index (χ4n) is 1.58. The summed E-state index contributed by atoms with van der Waals surface area (Å²) in [5.41, 5.74) is -0.0762. The van der Waals surface area contributed by atoms with Crippen LogP contribution in [0.3, 0.4) is 0 Å². The molecule has 0 radical (unpaired) electrons. The van der Waals surface area contributed by atoms with Gasteiger partial charge in [-0.15, -0.1) is 0 Å². The van der Waals surface area contributed by atoms with Gasteiger partial charge in [0.1, 0.15) is 18.5 Å². The van der Waals surface area contributed by atoms with Crippen molar-refractivity contribution in [3.63, 3.8) is 0 Å². The lowest BCUT2D eigenvalue weighted by Gasteiger charge is -2.15. The molecule has 124 valence electrons. The van der Waals surface area contributed by atoms with E-state index in [1.54, 1.807) is 0 Å². The molecule has 0 spiro atoms. The van der Waals surface area contributed by atoms with Crippen molar-refractivity contribution < 1.29 is 26.9 Å². The van der Waals surface area contributed by atoms with E-state index in [0.717, 1.165) is 0 Å². The van der Waals surface area contributed by atoms with Crippen LogP contribution in [0, 0.1) is 5.89 Å². The standard InChI is InChI=1S/C18H29NO3/c1-14(2)19-11-17(20)13-22-18-7-5-15(6-8-18)9-10-21-12-16-3-4-16/h5-8,14,16-17,19-20H,3-4,9-13H2,1-2H3/i3D2,4D2,9D2,10D2,16D. The van der Waals surface area contributed by atoms with Crippen molar-refractivity contribution in [1.29, 1.82) is 0 Å². The lowest BCUT2D eigenvalue weighted by Crippen LogP contribution is -2.35. The Kier molecular flexibility index (Phi) is 3.60. The van der Waals surface area contributed by atoms with Gasteiger partial charge < -0.3 is 19.9 Å². The Labute approximate surface area is 146 Å². The van der Waals surface area contributed by atoms with E-state index in [1.165, 1.54) is 24.3 Å². The molecule has 1 saturated carbocycles. The molecule has 1 aliphatic rings. The smallest absolute Gasteiger partial charge is 0.119 e. The molecular weight excluding hydrogens is 278 g/mol. The Hall–Kier alpha value is -1.10. The number of ether oxygens (including phenoxy) is 2. The van der Waals surface area contributed by atoms with Crippen LogP contribution in [-0.2, 0) is 11.1 Å². The van der Waals surface area contributed by atoms with Crippen LogP contribution in [-0.4, -0.2) is 43.6 Å². The third-order valence-corrected chi connectivity index (χ3v) is 2.84. The normalized spacial score (nSPS) is 29.4. The van der Waals surface area contributed by atoms with Crippen molar-refractivity contribution in [2.45, 2.75) is 45.1 Å². The predicted octanol–water partition coefficient (Wildman–Crippen LogP) is 2.39. The highest BCUT2D eigenvalue weighted by Gasteiger charge is 2.20. The molecular formula is C18H29NO3. The van der Waals surface area contributed by atoms with Gasteiger partial charge in [-0.3, -0.25) is 0 Å². The summed E-state index contributed by atoms with van der Waals surface area (Å²) in [7, 11) is 0. The average Bonchev–Trinajstić information content (AvgIpc) is 2.99. The number of nitrogens with one attached hydrogen (secondary N) is 1. The molecule has 22 heavy (non-hydrogen) atoms. The Morgan fingerprint density at radius 1 is 1.41 bits per heavy atom. The first-order chi connectivity index (χ1) is 14.0. The molecule has 0 saturated heterocycles. The van der Waals surface area contributed by atoms with Crippen molar-refractivity contribution in [2.24, 2.45) is 5.89 Å². The van der Waals surface area contributed by atoms with Crippen molar-refractivity contribution in [3.8, 4) is 5.75 Å². The number of benzene rings is 1. The van der Waals surface area contributed by atoms with Crippen LogP contribution < -0.4 is 10.1 Å². The average molecular weight is 316 g/mol. The van der Waals surface area contributed by atoms with E-state index in [0.29, 0.717) is 12.3 Å². The zero-order chi connectivity index (χ0) is 23.9. The zero-order valence-corrected chi connectivity index (χ0v) is 12.8. The molecule has 1 atom stereocenters. The highest BCUT2D eigenvalue weighted by Crippen LogP contribution is 2.28. The van der Waals surface area contributed by atoms with E-state index in [4.69, 9.17) is 21.8 Å². The molecule has 1 aromatic rings. The second kappa shape index (κ2) is 9.13. The van der Waals surface area contributed by atoms with Gasteiger partial charge in [0, 0.05) is 28.8 Å². The fourth-order valence-corrected chi connectivity index (χ4v) is 1.58. The van der Waals surface area contributed by atoms with Gasteiger partial charge in [0.15, 0.2) is 0 Å². The van der Waals surface area contributed by atoms with Crippen LogP contribution in [0.15, 0.2) is 24.3 Å². The predicted molar refractivity (Wildman–Crippen MR) is 88.3 cm³/mol. The number of hydrogen-bond donors (Lipinski definition) is 2. The van der Waals surface area contributed by atoms with Crippen molar-refractivity contribution in [1.82, 2.24) is 5.32 Å². The number of hydrogen-bond acceptors (Lipinski definition) is 4. The summed E-state index contributed by atoms with van der Waals surface area (Å²) in [4.78, 5) is 0. The number of aliphatic hydroxyl groups is 1. The molecule has 1 unspecified atom stereocenters. The van der Waals surface area contributed by atoms with Gasteiger partial charge >= 0.3 is 0 Å². The summed E-state index contributed by atoms with van der Waals surface area (Å²) in [6, 6.07) is 5.69. The van der Waals surface area contributed by atoms with Crippen LogP contribution in [0.1, 0.15) is 44.5 Å². The molecule has 2 rings (SSSR count). The first kappa shape index (κ1) is 8.67. The maximum absolute atomic E-state index is 9.87. The SMILES string of the molecule is [2H]C([2H])(OCC1([2H])C([2H])([2H])C1([2H])[2H])C([2H])([2H])c1ccc(OCC(O)CNC(C)C)cc1. The second-order valence-electron chi connectivity index (χ2n) is 5.30. The van der Waals surface area contributed by atoms with Gasteiger partial charge in [0.05, 0.1) is 9.30 Å². The molecule has 0 aromatic heterocycles. The van der Waals surface area contributed by atoms with Crippen molar-refractivity contribution >= 4 is 0 Å². The number of rotatable bonds is 11. The summed E-state index contributed by atoms with van der Waals surface area (Å²) >= 11 is 0. The summed E-state index contributed by atoms with van der Waals surface area (Å²) in [6.07, 6.45) is -8.44.